The molecule has 0 aliphatic heterocycles. The van der Waals surface area contributed by atoms with Crippen molar-refractivity contribution in [2.45, 2.75) is 13.8 Å². The van der Waals surface area contributed by atoms with Gasteiger partial charge in [-0.05, 0) is 26.0 Å². The first-order valence-corrected chi connectivity index (χ1v) is 4.47. The number of rotatable bonds is 1. The van der Waals surface area contributed by atoms with E-state index in [1.165, 1.54) is 0 Å². The molecule has 0 spiro atoms. The van der Waals surface area contributed by atoms with Crippen LogP contribution < -0.4 is 0 Å². The first-order valence-electron chi connectivity index (χ1n) is 4.47. The first-order chi connectivity index (χ1) is 6.70. The van der Waals surface area contributed by atoms with Crippen LogP contribution >= 0.6 is 0 Å². The number of benzene rings is 1. The largest absolute Gasteiger partial charge is 0.236 e. The zero-order chi connectivity index (χ0) is 10.1. The van der Waals surface area contributed by atoms with Gasteiger partial charge < -0.3 is 0 Å². The van der Waals surface area contributed by atoms with E-state index in [1.807, 2.05) is 37.3 Å². The van der Waals surface area contributed by atoms with Gasteiger partial charge in [0.1, 0.15) is 0 Å². The SMILES string of the molecule is Cc1c(F)nn(-c2ccccc2)c1C. The molecular formula is C11H11FN2. The third-order valence-electron chi connectivity index (χ3n) is 2.36. The van der Waals surface area contributed by atoms with E-state index in [1.54, 1.807) is 11.6 Å². The number of halogens is 1. The quantitative estimate of drug-likeness (QED) is 0.676. The Labute approximate surface area is 82.0 Å². The second kappa shape index (κ2) is 3.25. The van der Waals surface area contributed by atoms with Gasteiger partial charge in [-0.2, -0.15) is 4.39 Å². The van der Waals surface area contributed by atoms with Crippen LogP contribution in [0.2, 0.25) is 0 Å². The van der Waals surface area contributed by atoms with E-state index in [2.05, 4.69) is 5.10 Å². The lowest BCUT2D eigenvalue weighted by atomic mass is 10.3. The molecule has 0 unspecified atom stereocenters. The lowest BCUT2D eigenvalue weighted by Crippen LogP contribution is -1.98. The predicted molar refractivity (Wildman–Crippen MR) is 53.0 cm³/mol. The second-order valence-electron chi connectivity index (χ2n) is 3.25. The molecule has 1 heterocycles. The minimum atomic E-state index is -0.397. The molecule has 0 N–H and O–H groups in total. The van der Waals surface area contributed by atoms with Crippen molar-refractivity contribution < 1.29 is 4.39 Å². The highest BCUT2D eigenvalue weighted by Gasteiger charge is 2.10. The number of nitrogens with zero attached hydrogens (tertiary/aromatic N) is 2. The number of para-hydroxylation sites is 1. The molecule has 0 atom stereocenters. The van der Waals surface area contributed by atoms with E-state index in [0.29, 0.717) is 5.56 Å². The molecule has 0 saturated heterocycles. The topological polar surface area (TPSA) is 17.8 Å². The van der Waals surface area contributed by atoms with Gasteiger partial charge in [0.05, 0.1) is 5.69 Å². The van der Waals surface area contributed by atoms with Crippen molar-refractivity contribution in [3.8, 4) is 5.69 Å². The summed E-state index contributed by atoms with van der Waals surface area (Å²) in [4.78, 5) is 0. The Kier molecular flexibility index (Phi) is 2.08. The summed E-state index contributed by atoms with van der Waals surface area (Å²) in [6.07, 6.45) is 0. The van der Waals surface area contributed by atoms with Crippen LogP contribution in [0.4, 0.5) is 4.39 Å². The molecule has 72 valence electrons. The molecule has 0 amide bonds. The van der Waals surface area contributed by atoms with Crippen molar-refractivity contribution >= 4 is 0 Å². The van der Waals surface area contributed by atoms with Crippen LogP contribution in [0, 0.1) is 19.8 Å². The minimum absolute atomic E-state index is 0.397. The Balaban J connectivity index is 2.58. The molecule has 0 bridgehead atoms. The molecule has 0 aliphatic carbocycles. The van der Waals surface area contributed by atoms with Crippen LogP contribution in [-0.4, -0.2) is 9.78 Å². The molecule has 1 aromatic carbocycles. The average molecular weight is 190 g/mol. The normalized spacial score (nSPS) is 10.5. The summed E-state index contributed by atoms with van der Waals surface area (Å²) < 4.78 is 14.8. The monoisotopic (exact) mass is 190 g/mol. The summed E-state index contributed by atoms with van der Waals surface area (Å²) in [5.74, 6) is -0.397. The maximum absolute atomic E-state index is 13.2. The zero-order valence-electron chi connectivity index (χ0n) is 8.16. The van der Waals surface area contributed by atoms with E-state index in [9.17, 15) is 4.39 Å². The lowest BCUT2D eigenvalue weighted by Gasteiger charge is -2.02. The fraction of sp³-hybridized carbons (Fsp3) is 0.182. The summed E-state index contributed by atoms with van der Waals surface area (Å²) in [7, 11) is 0. The van der Waals surface area contributed by atoms with Crippen LogP contribution in [0.5, 0.6) is 0 Å². The van der Waals surface area contributed by atoms with Gasteiger partial charge in [-0.3, -0.25) is 0 Å². The van der Waals surface area contributed by atoms with Crippen molar-refractivity contribution in [1.82, 2.24) is 9.78 Å². The minimum Gasteiger partial charge on any atom is -0.235 e. The summed E-state index contributed by atoms with van der Waals surface area (Å²) in [6, 6.07) is 9.54. The van der Waals surface area contributed by atoms with Crippen molar-refractivity contribution in [1.29, 1.82) is 0 Å². The van der Waals surface area contributed by atoms with Gasteiger partial charge in [0.15, 0.2) is 0 Å². The maximum Gasteiger partial charge on any atom is 0.236 e. The van der Waals surface area contributed by atoms with E-state index in [-0.39, 0.29) is 0 Å². The van der Waals surface area contributed by atoms with Crippen LogP contribution in [-0.2, 0) is 0 Å². The fourth-order valence-corrected chi connectivity index (χ4v) is 1.37. The van der Waals surface area contributed by atoms with Crippen LogP contribution in [0.1, 0.15) is 11.3 Å². The Bertz CT molecular complexity index is 446. The van der Waals surface area contributed by atoms with Crippen molar-refractivity contribution in [2.75, 3.05) is 0 Å². The van der Waals surface area contributed by atoms with Crippen LogP contribution in [0.15, 0.2) is 30.3 Å². The molecule has 14 heavy (non-hydrogen) atoms. The smallest absolute Gasteiger partial charge is 0.235 e. The Morgan fingerprint density at radius 2 is 1.79 bits per heavy atom. The van der Waals surface area contributed by atoms with E-state index < -0.39 is 5.95 Å². The van der Waals surface area contributed by atoms with E-state index >= 15 is 0 Å². The summed E-state index contributed by atoms with van der Waals surface area (Å²) in [6.45, 7) is 3.59. The number of hydrogen-bond donors (Lipinski definition) is 0. The highest BCUT2D eigenvalue weighted by molar-refractivity contribution is 5.34. The van der Waals surface area contributed by atoms with Crippen LogP contribution in [0.3, 0.4) is 0 Å². The molecule has 3 heteroatoms. The van der Waals surface area contributed by atoms with Gasteiger partial charge in [-0.25, -0.2) is 4.68 Å². The molecule has 0 radical (unpaired) electrons. The summed E-state index contributed by atoms with van der Waals surface area (Å²) in [5.41, 5.74) is 2.33. The van der Waals surface area contributed by atoms with Gasteiger partial charge in [0, 0.05) is 11.3 Å². The summed E-state index contributed by atoms with van der Waals surface area (Å²) in [5, 5.41) is 3.83. The third-order valence-corrected chi connectivity index (χ3v) is 2.36. The van der Waals surface area contributed by atoms with Gasteiger partial charge >= 0.3 is 0 Å². The molecule has 0 fully saturated rings. The molecule has 2 rings (SSSR count). The third kappa shape index (κ3) is 1.31. The zero-order valence-corrected chi connectivity index (χ0v) is 8.16. The van der Waals surface area contributed by atoms with Crippen molar-refractivity contribution in [2.24, 2.45) is 0 Å². The molecule has 0 saturated carbocycles. The maximum atomic E-state index is 13.2. The molecular weight excluding hydrogens is 179 g/mol. The average Bonchev–Trinajstić information content (AvgIpc) is 2.47. The van der Waals surface area contributed by atoms with E-state index in [0.717, 1.165) is 11.4 Å². The second-order valence-corrected chi connectivity index (χ2v) is 3.25. The summed E-state index contributed by atoms with van der Waals surface area (Å²) >= 11 is 0. The lowest BCUT2D eigenvalue weighted by molar-refractivity contribution is 0.560. The van der Waals surface area contributed by atoms with E-state index in [4.69, 9.17) is 0 Å². The van der Waals surface area contributed by atoms with Crippen molar-refractivity contribution in [3.63, 3.8) is 0 Å². The Hall–Kier alpha value is -1.64. The highest BCUT2D eigenvalue weighted by atomic mass is 19.1. The van der Waals surface area contributed by atoms with Gasteiger partial charge in [-0.1, -0.05) is 18.2 Å². The standard InChI is InChI=1S/C11H11FN2/c1-8-9(2)14(13-11(8)12)10-6-4-3-5-7-10/h3-7H,1-2H3. The molecule has 1 aromatic heterocycles. The van der Waals surface area contributed by atoms with Gasteiger partial charge in [0.25, 0.3) is 0 Å². The Morgan fingerprint density at radius 3 is 2.29 bits per heavy atom. The first kappa shape index (κ1) is 8.94. The van der Waals surface area contributed by atoms with Crippen molar-refractivity contribution in [3.05, 3.63) is 47.5 Å². The molecule has 2 nitrogen and oxygen atoms in total. The predicted octanol–water partition coefficient (Wildman–Crippen LogP) is 2.63. The fourth-order valence-electron chi connectivity index (χ4n) is 1.37. The Morgan fingerprint density at radius 1 is 1.14 bits per heavy atom. The molecule has 0 aliphatic rings. The number of aromatic nitrogens is 2. The number of hydrogen-bond acceptors (Lipinski definition) is 1. The van der Waals surface area contributed by atoms with Crippen LogP contribution in [0.25, 0.3) is 5.69 Å². The molecule has 2 aromatic rings. The van der Waals surface area contributed by atoms with Gasteiger partial charge in [0.2, 0.25) is 5.95 Å². The van der Waals surface area contributed by atoms with Gasteiger partial charge in [-0.15, -0.1) is 5.10 Å². The highest BCUT2D eigenvalue weighted by Crippen LogP contribution is 2.15.